The number of rotatable bonds is 7. The van der Waals surface area contributed by atoms with Crippen LogP contribution in [0.15, 0.2) is 23.3 Å². The quantitative estimate of drug-likeness (QED) is 0.423. The normalized spacial score (nSPS) is 42.0. The van der Waals surface area contributed by atoms with Crippen molar-refractivity contribution in [2.24, 2.45) is 33.5 Å². The zero-order chi connectivity index (χ0) is 25.2. The molecule has 0 spiro atoms. The molecular weight excluding hydrogens is 424 g/mol. The molecule has 1 unspecified atom stereocenters. The topological polar surface area (TPSA) is 66.8 Å². The maximum atomic E-state index is 11.5. The summed E-state index contributed by atoms with van der Waals surface area (Å²) >= 11 is 0. The van der Waals surface area contributed by atoms with Gasteiger partial charge in [-0.15, -0.1) is 0 Å². The number of hydrogen-bond acceptors (Lipinski definition) is 4. The highest BCUT2D eigenvalue weighted by molar-refractivity contribution is 5.50. The van der Waals surface area contributed by atoms with Crippen molar-refractivity contribution in [1.29, 1.82) is 0 Å². The third kappa shape index (κ3) is 3.82. The largest absolute Gasteiger partial charge is 0.464 e. The Labute approximate surface area is 207 Å². The summed E-state index contributed by atoms with van der Waals surface area (Å²) in [7, 11) is 0. The van der Waals surface area contributed by atoms with Crippen LogP contribution in [0.2, 0.25) is 0 Å². The molecule has 7 atom stereocenters. The molecule has 4 aliphatic carbocycles. The van der Waals surface area contributed by atoms with Crippen LogP contribution >= 0.6 is 0 Å². The zero-order valence-corrected chi connectivity index (χ0v) is 22.6. The van der Waals surface area contributed by atoms with Gasteiger partial charge in [-0.3, -0.25) is 4.79 Å². The van der Waals surface area contributed by atoms with Gasteiger partial charge in [0, 0.05) is 5.92 Å². The molecule has 4 heteroatoms. The van der Waals surface area contributed by atoms with E-state index in [1.54, 1.807) is 5.57 Å². The summed E-state index contributed by atoms with van der Waals surface area (Å²) in [5.41, 5.74) is 2.52. The summed E-state index contributed by atoms with van der Waals surface area (Å²) in [6.45, 7) is 16.2. The third-order valence-electron chi connectivity index (χ3n) is 11.2. The average molecular weight is 473 g/mol. The molecule has 0 bridgehead atoms. The van der Waals surface area contributed by atoms with Gasteiger partial charge in [0.2, 0.25) is 0 Å². The Hall–Kier alpha value is -1.13. The molecule has 4 nitrogen and oxygen atoms in total. The number of carbonyl (C=O) groups is 1. The highest BCUT2D eigenvalue weighted by Gasteiger charge is 2.63. The number of allylic oxidation sites excluding steroid dienone is 4. The zero-order valence-electron chi connectivity index (χ0n) is 22.6. The summed E-state index contributed by atoms with van der Waals surface area (Å²) in [6.07, 6.45) is 13.2. The molecule has 0 saturated heterocycles. The first kappa shape index (κ1) is 25.9. The molecule has 2 fully saturated rings. The molecule has 0 radical (unpaired) electrons. The van der Waals surface area contributed by atoms with Crippen LogP contribution in [-0.2, 0) is 9.53 Å². The van der Waals surface area contributed by atoms with Crippen LogP contribution in [0.4, 0.5) is 0 Å². The molecule has 192 valence electrons. The molecule has 0 heterocycles. The van der Waals surface area contributed by atoms with Crippen LogP contribution in [0.5, 0.6) is 0 Å². The molecule has 34 heavy (non-hydrogen) atoms. The predicted octanol–water partition coefficient (Wildman–Crippen LogP) is 6.36. The van der Waals surface area contributed by atoms with Crippen molar-refractivity contribution in [3.05, 3.63) is 23.3 Å². The number of aliphatic hydroxyl groups excluding tert-OH is 1. The Morgan fingerprint density at radius 1 is 1.12 bits per heavy atom. The average Bonchev–Trinajstić information content (AvgIpc) is 3.01. The Bertz CT molecular complexity index is 864. The van der Waals surface area contributed by atoms with Gasteiger partial charge in [-0.25, -0.2) is 0 Å². The van der Waals surface area contributed by atoms with Gasteiger partial charge in [0.25, 0.3) is 6.47 Å². The first-order valence-electron chi connectivity index (χ1n) is 13.6. The van der Waals surface area contributed by atoms with Crippen molar-refractivity contribution < 1.29 is 19.7 Å². The molecule has 4 rings (SSSR count). The fraction of sp³-hybridized carbons (Fsp3) is 0.833. The Morgan fingerprint density at radius 2 is 1.82 bits per heavy atom. The van der Waals surface area contributed by atoms with E-state index in [1.807, 2.05) is 13.8 Å². The van der Waals surface area contributed by atoms with Gasteiger partial charge in [0.05, 0.1) is 11.7 Å². The molecule has 0 aromatic heterocycles. The smallest absolute Gasteiger partial charge is 0.293 e. The standard InChI is InChI=1S/C30H48O4/c1-26(2,33)15-8-9-23(34-19-31)22-13-18-29(6)21-10-11-24-27(3,4)25(32)14-16-28(24,5)20(21)12-17-30(22,29)7/h10,12,19,22-25,32-33H,8-9,11,13-18H2,1-7H3/t22-,23-,24?,25+,28-,29+,30-/m1/s1. The van der Waals surface area contributed by atoms with Gasteiger partial charge in [0.15, 0.2) is 0 Å². The summed E-state index contributed by atoms with van der Waals surface area (Å²) in [6, 6.07) is 0. The molecule has 0 aromatic carbocycles. The molecule has 0 amide bonds. The van der Waals surface area contributed by atoms with Crippen molar-refractivity contribution >= 4 is 6.47 Å². The summed E-state index contributed by atoms with van der Waals surface area (Å²) in [5.74, 6) is 0.773. The Kier molecular flexibility index (Phi) is 6.47. The van der Waals surface area contributed by atoms with Crippen LogP contribution in [0.3, 0.4) is 0 Å². The van der Waals surface area contributed by atoms with Gasteiger partial charge in [-0.05, 0) is 110 Å². The number of aliphatic hydroxyl groups is 2. The summed E-state index contributed by atoms with van der Waals surface area (Å²) in [4.78, 5) is 11.5. The van der Waals surface area contributed by atoms with E-state index in [1.165, 1.54) is 5.57 Å². The summed E-state index contributed by atoms with van der Waals surface area (Å²) in [5, 5.41) is 21.0. The fourth-order valence-electron chi connectivity index (χ4n) is 8.80. The molecule has 0 aromatic rings. The van der Waals surface area contributed by atoms with Crippen LogP contribution in [0.25, 0.3) is 0 Å². The second-order valence-electron chi connectivity index (χ2n) is 13.9. The van der Waals surface area contributed by atoms with Crippen LogP contribution in [0, 0.1) is 33.5 Å². The SMILES string of the molecule is CC(C)(O)CCC[C@@H](OC=O)[C@H]1CC[C@@]2(C)C3=CCC4C(C)(C)[C@@H](O)CC[C@]4(C)C3=CC[C@]12C. The van der Waals surface area contributed by atoms with E-state index in [4.69, 9.17) is 4.74 Å². The van der Waals surface area contributed by atoms with E-state index in [0.717, 1.165) is 51.4 Å². The van der Waals surface area contributed by atoms with Crippen molar-refractivity contribution in [2.45, 2.75) is 124 Å². The lowest BCUT2D eigenvalue weighted by Crippen LogP contribution is -2.54. The Morgan fingerprint density at radius 3 is 2.47 bits per heavy atom. The van der Waals surface area contributed by atoms with E-state index in [-0.39, 0.29) is 33.9 Å². The minimum Gasteiger partial charge on any atom is -0.464 e. The minimum atomic E-state index is -0.692. The van der Waals surface area contributed by atoms with Gasteiger partial charge in [-0.1, -0.05) is 46.8 Å². The first-order chi connectivity index (χ1) is 15.7. The van der Waals surface area contributed by atoms with Gasteiger partial charge < -0.3 is 14.9 Å². The summed E-state index contributed by atoms with van der Waals surface area (Å²) < 4.78 is 5.75. The minimum absolute atomic E-state index is 0.0393. The molecule has 2 saturated carbocycles. The van der Waals surface area contributed by atoms with E-state index in [2.05, 4.69) is 46.8 Å². The van der Waals surface area contributed by atoms with Crippen molar-refractivity contribution in [3.8, 4) is 0 Å². The number of fused-ring (bicyclic) bond motifs is 5. The lowest BCUT2D eigenvalue weighted by Gasteiger charge is -2.61. The highest BCUT2D eigenvalue weighted by Crippen LogP contribution is 2.71. The second kappa shape index (κ2) is 8.47. The first-order valence-corrected chi connectivity index (χ1v) is 13.6. The van der Waals surface area contributed by atoms with E-state index >= 15 is 0 Å². The molecule has 4 aliphatic rings. The van der Waals surface area contributed by atoms with Gasteiger partial charge >= 0.3 is 0 Å². The van der Waals surface area contributed by atoms with E-state index in [9.17, 15) is 15.0 Å². The van der Waals surface area contributed by atoms with Crippen LogP contribution in [0.1, 0.15) is 106 Å². The highest BCUT2D eigenvalue weighted by atomic mass is 16.5. The molecule has 0 aliphatic heterocycles. The number of carbonyl (C=O) groups excluding carboxylic acids is 1. The lowest BCUT2D eigenvalue weighted by atomic mass is 9.44. The monoisotopic (exact) mass is 472 g/mol. The number of hydrogen-bond donors (Lipinski definition) is 2. The van der Waals surface area contributed by atoms with Crippen molar-refractivity contribution in [2.75, 3.05) is 0 Å². The van der Waals surface area contributed by atoms with Crippen molar-refractivity contribution in [3.63, 3.8) is 0 Å². The van der Waals surface area contributed by atoms with Gasteiger partial charge in [0.1, 0.15) is 6.10 Å². The van der Waals surface area contributed by atoms with Gasteiger partial charge in [-0.2, -0.15) is 0 Å². The fourth-order valence-corrected chi connectivity index (χ4v) is 8.80. The lowest BCUT2D eigenvalue weighted by molar-refractivity contribution is -0.140. The number of ether oxygens (including phenoxy) is 1. The van der Waals surface area contributed by atoms with Crippen LogP contribution in [-0.4, -0.2) is 34.5 Å². The second-order valence-corrected chi connectivity index (χ2v) is 13.9. The maximum Gasteiger partial charge on any atom is 0.293 e. The maximum absolute atomic E-state index is 11.5. The van der Waals surface area contributed by atoms with E-state index in [0.29, 0.717) is 24.7 Å². The molecule has 2 N–H and O–H groups in total. The Balaban J connectivity index is 1.65. The molecular formula is C30H48O4. The predicted molar refractivity (Wildman–Crippen MR) is 136 cm³/mol. The third-order valence-corrected chi connectivity index (χ3v) is 11.2. The van der Waals surface area contributed by atoms with Crippen molar-refractivity contribution in [1.82, 2.24) is 0 Å². The van der Waals surface area contributed by atoms with E-state index < -0.39 is 5.60 Å². The van der Waals surface area contributed by atoms with Crippen LogP contribution < -0.4 is 0 Å².